The summed E-state index contributed by atoms with van der Waals surface area (Å²) in [5, 5.41) is 21.3. The quantitative estimate of drug-likeness (QED) is 0.627. The Kier molecular flexibility index (Phi) is 3.29. The molecule has 0 spiro atoms. The van der Waals surface area contributed by atoms with Gasteiger partial charge in [-0.25, -0.2) is 9.50 Å². The van der Waals surface area contributed by atoms with E-state index in [1.54, 1.807) is 23.1 Å². The fraction of sp³-hybridized carbons (Fsp3) is 0. The summed E-state index contributed by atoms with van der Waals surface area (Å²) in [5.41, 5.74) is 3.26. The Morgan fingerprint density at radius 2 is 2.17 bits per heavy atom. The number of nitriles is 1. The van der Waals surface area contributed by atoms with Crippen LogP contribution in [0.3, 0.4) is 0 Å². The van der Waals surface area contributed by atoms with Crippen molar-refractivity contribution in [3.8, 4) is 17.2 Å². The second-order valence-corrected chi connectivity index (χ2v) is 5.88. The van der Waals surface area contributed by atoms with Gasteiger partial charge in [0.1, 0.15) is 11.1 Å². The maximum Gasteiger partial charge on any atom is 0.103 e. The lowest BCUT2D eigenvalue weighted by atomic mass is 10.1. The second-order valence-electron chi connectivity index (χ2n) is 4.81. The van der Waals surface area contributed by atoms with Crippen molar-refractivity contribution in [1.82, 2.24) is 24.8 Å². The first-order chi connectivity index (χ1) is 11.3. The van der Waals surface area contributed by atoms with Crippen molar-refractivity contribution in [2.75, 3.05) is 0 Å². The summed E-state index contributed by atoms with van der Waals surface area (Å²) >= 11 is 1.51. The van der Waals surface area contributed by atoms with E-state index in [1.165, 1.54) is 11.8 Å². The summed E-state index contributed by atoms with van der Waals surface area (Å²) in [4.78, 5) is 5.27. The molecular weight excluding hydrogens is 308 g/mol. The molecule has 6 nitrogen and oxygen atoms in total. The predicted octanol–water partition coefficient (Wildman–Crippen LogP) is 3.14. The van der Waals surface area contributed by atoms with Crippen LogP contribution >= 0.6 is 11.8 Å². The number of rotatable bonds is 3. The Bertz CT molecular complexity index is 998. The number of pyridine rings is 2. The molecule has 0 unspecified atom stereocenters. The molecule has 4 rings (SSSR count). The molecule has 23 heavy (non-hydrogen) atoms. The van der Waals surface area contributed by atoms with Crippen LogP contribution in [0.5, 0.6) is 0 Å². The highest BCUT2D eigenvalue weighted by molar-refractivity contribution is 7.99. The molecule has 4 heterocycles. The number of nitrogens with zero attached hydrogens (tertiary/aromatic N) is 5. The number of hydrogen-bond acceptors (Lipinski definition) is 5. The molecule has 0 fully saturated rings. The maximum atomic E-state index is 9.33. The van der Waals surface area contributed by atoms with E-state index in [2.05, 4.69) is 26.3 Å². The average molecular weight is 318 g/mol. The molecule has 7 heteroatoms. The van der Waals surface area contributed by atoms with Crippen LogP contribution < -0.4 is 0 Å². The summed E-state index contributed by atoms with van der Waals surface area (Å²) in [6.45, 7) is 0. The third-order valence-corrected chi connectivity index (χ3v) is 4.36. The van der Waals surface area contributed by atoms with Crippen LogP contribution in [0.1, 0.15) is 5.56 Å². The Morgan fingerprint density at radius 3 is 2.91 bits per heavy atom. The van der Waals surface area contributed by atoms with Crippen LogP contribution in [0.25, 0.3) is 16.6 Å². The van der Waals surface area contributed by atoms with Crippen LogP contribution in [0, 0.1) is 11.3 Å². The van der Waals surface area contributed by atoms with Gasteiger partial charge >= 0.3 is 0 Å². The van der Waals surface area contributed by atoms with Gasteiger partial charge in [0.25, 0.3) is 0 Å². The van der Waals surface area contributed by atoms with Gasteiger partial charge in [0.15, 0.2) is 0 Å². The van der Waals surface area contributed by atoms with E-state index in [4.69, 9.17) is 0 Å². The number of hydrogen-bond donors (Lipinski definition) is 1. The Hall–Kier alpha value is -3.11. The van der Waals surface area contributed by atoms with Gasteiger partial charge in [0, 0.05) is 34.6 Å². The lowest BCUT2D eigenvalue weighted by molar-refractivity contribution is 0.951. The van der Waals surface area contributed by atoms with Crippen LogP contribution in [0.15, 0.2) is 65.2 Å². The zero-order chi connectivity index (χ0) is 15.6. The summed E-state index contributed by atoms with van der Waals surface area (Å²) in [6, 6.07) is 9.98. The summed E-state index contributed by atoms with van der Waals surface area (Å²) in [6.07, 6.45) is 8.80. The molecule has 110 valence electrons. The molecule has 0 bridgehead atoms. The van der Waals surface area contributed by atoms with Crippen molar-refractivity contribution in [2.24, 2.45) is 0 Å². The zero-order valence-corrected chi connectivity index (χ0v) is 12.7. The van der Waals surface area contributed by atoms with Crippen LogP contribution in [0.4, 0.5) is 0 Å². The summed E-state index contributed by atoms with van der Waals surface area (Å²) in [7, 11) is 0. The Labute approximate surface area is 135 Å². The molecule has 0 aliphatic rings. The van der Waals surface area contributed by atoms with E-state index < -0.39 is 0 Å². The second kappa shape index (κ2) is 5.59. The molecular formula is C16H10N6S. The number of H-pyrrole nitrogens is 1. The lowest BCUT2D eigenvalue weighted by Gasteiger charge is -2.07. The molecule has 0 aromatic carbocycles. The van der Waals surface area contributed by atoms with E-state index >= 15 is 0 Å². The first kappa shape index (κ1) is 13.5. The molecule has 0 amide bonds. The van der Waals surface area contributed by atoms with Gasteiger partial charge < -0.3 is 0 Å². The minimum absolute atomic E-state index is 0.544. The molecule has 0 saturated heterocycles. The molecule has 1 N–H and O–H groups in total. The molecule has 0 aliphatic heterocycles. The predicted molar refractivity (Wildman–Crippen MR) is 85.8 cm³/mol. The third kappa shape index (κ3) is 2.45. The van der Waals surface area contributed by atoms with Crippen LogP contribution in [-0.2, 0) is 0 Å². The lowest BCUT2D eigenvalue weighted by Crippen LogP contribution is -1.92. The van der Waals surface area contributed by atoms with Gasteiger partial charge in [-0.15, -0.1) is 0 Å². The van der Waals surface area contributed by atoms with E-state index in [0.29, 0.717) is 5.56 Å². The fourth-order valence-corrected chi connectivity index (χ4v) is 3.30. The SMILES string of the molecule is N#Cc1cnn2cc(-c3cn[nH]c3)cc(Sc3ccccn3)c12. The van der Waals surface area contributed by atoms with Gasteiger partial charge in [0.05, 0.1) is 23.5 Å². The van der Waals surface area contributed by atoms with E-state index in [-0.39, 0.29) is 0 Å². The first-order valence-electron chi connectivity index (χ1n) is 6.84. The van der Waals surface area contributed by atoms with E-state index in [1.807, 2.05) is 36.7 Å². The standard InChI is InChI=1S/C16H10N6S/c17-6-12-9-21-22-10-11(13-7-19-20-8-13)5-14(16(12)22)23-15-3-1-2-4-18-15/h1-5,7-10H,(H,19,20). The molecule has 0 atom stereocenters. The molecule has 0 aliphatic carbocycles. The zero-order valence-electron chi connectivity index (χ0n) is 11.8. The van der Waals surface area contributed by atoms with Gasteiger partial charge in [-0.3, -0.25) is 5.10 Å². The minimum Gasteiger partial charge on any atom is -0.285 e. The summed E-state index contributed by atoms with van der Waals surface area (Å²) in [5.74, 6) is 0. The van der Waals surface area contributed by atoms with Crippen molar-refractivity contribution < 1.29 is 0 Å². The van der Waals surface area contributed by atoms with Crippen molar-refractivity contribution in [3.05, 3.63) is 60.8 Å². The number of aromatic amines is 1. The Morgan fingerprint density at radius 1 is 1.22 bits per heavy atom. The van der Waals surface area contributed by atoms with Crippen molar-refractivity contribution in [3.63, 3.8) is 0 Å². The van der Waals surface area contributed by atoms with Crippen LogP contribution in [-0.4, -0.2) is 24.8 Å². The molecule has 4 aromatic heterocycles. The van der Waals surface area contributed by atoms with Gasteiger partial charge in [-0.2, -0.15) is 15.5 Å². The monoisotopic (exact) mass is 318 g/mol. The molecule has 0 radical (unpaired) electrons. The first-order valence-corrected chi connectivity index (χ1v) is 7.66. The number of fused-ring (bicyclic) bond motifs is 1. The number of aromatic nitrogens is 5. The number of nitrogens with one attached hydrogen (secondary N) is 1. The molecule has 4 aromatic rings. The average Bonchev–Trinajstić information content (AvgIpc) is 3.25. The van der Waals surface area contributed by atoms with Crippen molar-refractivity contribution in [1.29, 1.82) is 5.26 Å². The highest BCUT2D eigenvalue weighted by Crippen LogP contribution is 2.34. The van der Waals surface area contributed by atoms with E-state index in [0.717, 1.165) is 26.6 Å². The third-order valence-electron chi connectivity index (χ3n) is 3.38. The smallest absolute Gasteiger partial charge is 0.103 e. The van der Waals surface area contributed by atoms with Gasteiger partial charge in [-0.1, -0.05) is 17.8 Å². The summed E-state index contributed by atoms with van der Waals surface area (Å²) < 4.78 is 1.73. The highest BCUT2D eigenvalue weighted by atomic mass is 32.2. The van der Waals surface area contributed by atoms with Gasteiger partial charge in [0.2, 0.25) is 0 Å². The largest absolute Gasteiger partial charge is 0.285 e. The fourth-order valence-electron chi connectivity index (χ4n) is 2.33. The van der Waals surface area contributed by atoms with Crippen molar-refractivity contribution >= 4 is 17.3 Å². The minimum atomic E-state index is 0.544. The van der Waals surface area contributed by atoms with Crippen molar-refractivity contribution in [2.45, 2.75) is 9.92 Å². The van der Waals surface area contributed by atoms with Crippen LogP contribution in [0.2, 0.25) is 0 Å². The highest BCUT2D eigenvalue weighted by Gasteiger charge is 2.14. The van der Waals surface area contributed by atoms with E-state index in [9.17, 15) is 5.26 Å². The maximum absolute atomic E-state index is 9.33. The normalized spacial score (nSPS) is 10.7. The van der Waals surface area contributed by atoms with Gasteiger partial charge in [-0.05, 0) is 18.2 Å². The topological polar surface area (TPSA) is 82.7 Å². The Balaban J connectivity index is 1.92. The molecule has 0 saturated carbocycles.